The van der Waals surface area contributed by atoms with Crippen molar-refractivity contribution < 1.29 is 33.7 Å². The van der Waals surface area contributed by atoms with Crippen molar-refractivity contribution in [1.82, 2.24) is 5.32 Å². The zero-order valence-electron chi connectivity index (χ0n) is 24.0. The van der Waals surface area contributed by atoms with Crippen LogP contribution >= 0.6 is 0 Å². The number of carboxylic acids is 1. The van der Waals surface area contributed by atoms with Crippen LogP contribution in [-0.2, 0) is 23.9 Å². The number of carboxylic acid groups (broad SMARTS) is 1. The first-order valence-corrected chi connectivity index (χ1v) is 12.7. The average molecular weight is 553 g/mol. The van der Waals surface area contributed by atoms with Gasteiger partial charge in [0.05, 0.1) is 14.2 Å². The summed E-state index contributed by atoms with van der Waals surface area (Å²) in [6, 6.07) is 7.11. The predicted octanol–water partition coefficient (Wildman–Crippen LogP) is 4.89. The maximum absolute atomic E-state index is 12.7. The molecule has 40 heavy (non-hydrogen) atoms. The van der Waals surface area contributed by atoms with Gasteiger partial charge in [-0.05, 0) is 80.2 Å². The van der Waals surface area contributed by atoms with E-state index in [-0.39, 0.29) is 18.2 Å². The topological polar surface area (TPSA) is 137 Å². The van der Waals surface area contributed by atoms with Gasteiger partial charge in [0, 0.05) is 18.7 Å². The molecule has 1 aromatic rings. The Morgan fingerprint density at radius 2 is 1.70 bits per heavy atom. The van der Waals surface area contributed by atoms with E-state index in [1.165, 1.54) is 14.2 Å². The second kappa shape index (κ2) is 17.1. The van der Waals surface area contributed by atoms with Gasteiger partial charge in [-0.15, -0.1) is 0 Å². The van der Waals surface area contributed by atoms with Crippen molar-refractivity contribution in [2.45, 2.75) is 33.6 Å². The monoisotopic (exact) mass is 552 g/mol. The molecule has 0 fully saturated rings. The van der Waals surface area contributed by atoms with E-state index in [0.717, 1.165) is 5.57 Å². The normalized spacial score (nSPS) is 14.3. The third kappa shape index (κ3) is 11.5. The lowest BCUT2D eigenvalue weighted by molar-refractivity contribution is -0.146. The summed E-state index contributed by atoms with van der Waals surface area (Å²) in [5.74, 6) is -1.39. The molecule has 9 nitrogen and oxygen atoms in total. The largest absolute Gasteiger partial charge is 0.497 e. The van der Waals surface area contributed by atoms with Crippen molar-refractivity contribution in [1.29, 1.82) is 0 Å². The van der Waals surface area contributed by atoms with Crippen LogP contribution in [0.5, 0.6) is 5.75 Å². The molecule has 2 unspecified atom stereocenters. The lowest BCUT2D eigenvalue weighted by Crippen LogP contribution is -2.30. The molecule has 1 rings (SSSR count). The number of primary amides is 1. The molecule has 9 heteroatoms. The molecule has 0 bridgehead atoms. The van der Waals surface area contributed by atoms with E-state index < -0.39 is 17.8 Å². The summed E-state index contributed by atoms with van der Waals surface area (Å²) >= 11 is 0. The van der Waals surface area contributed by atoms with Crippen molar-refractivity contribution >= 4 is 23.4 Å². The molecule has 1 aromatic carbocycles. The molecule has 0 saturated heterocycles. The van der Waals surface area contributed by atoms with Gasteiger partial charge in [0.15, 0.2) is 0 Å². The van der Waals surface area contributed by atoms with Crippen LogP contribution < -0.4 is 15.8 Å². The van der Waals surface area contributed by atoms with Crippen LogP contribution in [0.15, 0.2) is 90.2 Å². The first-order chi connectivity index (χ1) is 18.9. The number of ether oxygens (including phenoxy) is 3. The molecule has 4 N–H and O–H groups in total. The number of carbonyl (C=O) groups excluding carboxylic acids is 2. The Bertz CT molecular complexity index is 1190. The molecule has 2 amide bonds. The molecule has 0 aliphatic carbocycles. The van der Waals surface area contributed by atoms with E-state index in [4.69, 9.17) is 25.1 Å². The van der Waals surface area contributed by atoms with Crippen molar-refractivity contribution in [2.24, 2.45) is 17.6 Å². The van der Waals surface area contributed by atoms with Gasteiger partial charge in [0.25, 0.3) is 5.91 Å². The molecule has 0 aromatic heterocycles. The Hall–Kier alpha value is -4.53. The number of rotatable bonds is 16. The highest BCUT2D eigenvalue weighted by atomic mass is 16.5. The number of allylic oxidation sites excluding steroid dienone is 7. The van der Waals surface area contributed by atoms with E-state index in [0.29, 0.717) is 40.6 Å². The highest BCUT2D eigenvalue weighted by Crippen LogP contribution is 2.23. The van der Waals surface area contributed by atoms with Crippen molar-refractivity contribution in [3.8, 4) is 5.75 Å². The third-order valence-corrected chi connectivity index (χ3v) is 5.84. The molecule has 0 aliphatic rings. The van der Waals surface area contributed by atoms with Crippen molar-refractivity contribution in [3.05, 3.63) is 95.7 Å². The third-order valence-electron chi connectivity index (χ3n) is 5.84. The highest BCUT2D eigenvalue weighted by molar-refractivity contribution is 6.19. The van der Waals surface area contributed by atoms with Gasteiger partial charge in [0.2, 0.25) is 5.91 Å². The Kier molecular flexibility index (Phi) is 14.4. The number of benzene rings is 1. The van der Waals surface area contributed by atoms with Gasteiger partial charge in [-0.3, -0.25) is 14.4 Å². The molecule has 0 radical (unpaired) electrons. The summed E-state index contributed by atoms with van der Waals surface area (Å²) in [6.07, 6.45) is 11.3. The fraction of sp³-hybridized carbons (Fsp3) is 0.323. The van der Waals surface area contributed by atoms with E-state index in [1.54, 1.807) is 61.7 Å². The predicted molar refractivity (Wildman–Crippen MR) is 156 cm³/mol. The quantitative estimate of drug-likeness (QED) is 0.115. The van der Waals surface area contributed by atoms with Crippen LogP contribution in [0.1, 0.15) is 39.2 Å². The van der Waals surface area contributed by atoms with Gasteiger partial charge in [0.1, 0.15) is 28.9 Å². The van der Waals surface area contributed by atoms with Crippen molar-refractivity contribution in [3.63, 3.8) is 0 Å². The molecule has 216 valence electrons. The van der Waals surface area contributed by atoms with E-state index >= 15 is 0 Å². The van der Waals surface area contributed by atoms with E-state index in [9.17, 15) is 14.4 Å². The molecular weight excluding hydrogens is 512 g/mol. The van der Waals surface area contributed by atoms with Gasteiger partial charge >= 0.3 is 5.97 Å². The fourth-order valence-electron chi connectivity index (χ4n) is 3.49. The van der Waals surface area contributed by atoms with Crippen molar-refractivity contribution in [2.75, 3.05) is 21.3 Å². The fourth-order valence-corrected chi connectivity index (χ4v) is 3.49. The zero-order valence-corrected chi connectivity index (χ0v) is 24.0. The lowest BCUT2D eigenvalue weighted by atomic mass is 9.96. The summed E-state index contributed by atoms with van der Waals surface area (Å²) in [4.78, 5) is 35.1. The molecule has 2 atom stereocenters. The number of nitrogens with one attached hydrogen (secondary N) is 1. The number of amides is 2. The summed E-state index contributed by atoms with van der Waals surface area (Å²) < 4.78 is 16.4. The van der Waals surface area contributed by atoms with Crippen LogP contribution in [0.3, 0.4) is 0 Å². The minimum absolute atomic E-state index is 0.000270. The zero-order chi connectivity index (χ0) is 30.2. The standard InChI is InChI=1S/C31H40N2O7/c1-8-24(13-9-20(2)10-16-27(29(32)34)31(36)37)40-25-14-11-23(12-15-25)28(30(35)33-5)18-21(3)17-26(39-7)19-22(4)38-6/h8-9,11-15,17-20,27H,4,10,16H2,1-3,5-7H3,(H2,32,34)(H,33,35)(H,36,37)/b13-9-,21-17+,24-8+,26-19+,28-18+. The highest BCUT2D eigenvalue weighted by Gasteiger charge is 2.23. The summed E-state index contributed by atoms with van der Waals surface area (Å²) in [6.45, 7) is 9.36. The smallest absolute Gasteiger partial charge is 0.316 e. The van der Waals surface area contributed by atoms with Crippen LogP contribution in [0.2, 0.25) is 0 Å². The Labute approximate surface area is 236 Å². The van der Waals surface area contributed by atoms with E-state index in [1.807, 2.05) is 26.8 Å². The second-order valence-corrected chi connectivity index (χ2v) is 8.97. The number of methoxy groups -OCH3 is 2. The summed E-state index contributed by atoms with van der Waals surface area (Å²) in [7, 11) is 4.62. The molecule has 0 saturated carbocycles. The van der Waals surface area contributed by atoms with Crippen LogP contribution in [0.25, 0.3) is 5.57 Å². The first kappa shape index (κ1) is 33.5. The minimum atomic E-state index is -1.21. The SMILES string of the molecule is C=C(\C=C(/C=C(C)/C=C(/C(=O)NC)c1ccc(OC(/C=C\C(C)CCC(C(N)=O)C(=O)O)=C/C)cc1)OC)OC. The Balaban J connectivity index is 3.04. The second-order valence-electron chi connectivity index (χ2n) is 8.97. The number of hydrogen-bond donors (Lipinski definition) is 3. The Morgan fingerprint density at radius 3 is 2.20 bits per heavy atom. The van der Waals surface area contributed by atoms with Gasteiger partial charge in [-0.1, -0.05) is 31.7 Å². The van der Waals surface area contributed by atoms with Crippen LogP contribution in [0, 0.1) is 11.8 Å². The average Bonchev–Trinajstić information content (AvgIpc) is 2.93. The molecule has 0 spiro atoms. The first-order valence-electron chi connectivity index (χ1n) is 12.7. The number of nitrogens with two attached hydrogens (primary N) is 1. The van der Waals surface area contributed by atoms with Gasteiger partial charge in [-0.2, -0.15) is 0 Å². The minimum Gasteiger partial charge on any atom is -0.497 e. The number of hydrogen-bond acceptors (Lipinski definition) is 6. The van der Waals surface area contributed by atoms with Crippen LogP contribution in [0.4, 0.5) is 0 Å². The molecular formula is C31H40N2O7. The maximum atomic E-state index is 12.7. The Morgan fingerprint density at radius 1 is 1.05 bits per heavy atom. The summed E-state index contributed by atoms with van der Waals surface area (Å²) in [5.41, 5.74) is 7.09. The van der Waals surface area contributed by atoms with E-state index in [2.05, 4.69) is 11.9 Å². The number of likely N-dealkylation sites (N-methyl/N-ethyl adjacent to an activating group) is 1. The number of carbonyl (C=O) groups is 3. The van der Waals surface area contributed by atoms with Crippen LogP contribution in [-0.4, -0.2) is 44.2 Å². The summed E-state index contributed by atoms with van der Waals surface area (Å²) in [5, 5.41) is 11.8. The van der Waals surface area contributed by atoms with Gasteiger partial charge < -0.3 is 30.4 Å². The lowest BCUT2D eigenvalue weighted by Gasteiger charge is -2.12. The number of aliphatic carboxylic acids is 1. The maximum Gasteiger partial charge on any atom is 0.316 e. The molecule has 0 aliphatic heterocycles. The molecule has 0 heterocycles. The van der Waals surface area contributed by atoms with Gasteiger partial charge in [-0.25, -0.2) is 0 Å².